The van der Waals surface area contributed by atoms with Gasteiger partial charge in [0, 0.05) is 11.1 Å². The van der Waals surface area contributed by atoms with Crippen molar-refractivity contribution in [3.63, 3.8) is 0 Å². The first kappa shape index (κ1) is 32.3. The number of aryl methyl sites for hydroxylation is 4. The van der Waals surface area contributed by atoms with Crippen LogP contribution in [-0.4, -0.2) is 0 Å². The van der Waals surface area contributed by atoms with Crippen molar-refractivity contribution in [1.29, 1.82) is 0 Å². The fraction of sp³-hybridized carbons (Fsp3) is 0.100. The molecular weight excluding hydrogens is 594 g/mol. The molecule has 6 aromatic rings. The molecule has 232 valence electrons. The van der Waals surface area contributed by atoms with E-state index in [-0.39, 0.29) is 16.9 Å². The monoisotopic (exact) mass is 624 g/mol. The van der Waals surface area contributed by atoms with Crippen LogP contribution in [0.15, 0.2) is 109 Å². The quantitative estimate of drug-likeness (QED) is 0.171. The zero-order valence-electron chi connectivity index (χ0n) is 25.7. The minimum Gasteiger partial charge on any atom is -0.207 e. The van der Waals surface area contributed by atoms with E-state index in [1.54, 1.807) is 57.2 Å². The van der Waals surface area contributed by atoms with Gasteiger partial charge in [0.15, 0.2) is 0 Å². The molecule has 0 amide bonds. The van der Waals surface area contributed by atoms with Gasteiger partial charge in [0.05, 0.1) is 5.56 Å². The lowest BCUT2D eigenvalue weighted by molar-refractivity contribution is 0.589. The number of halogens is 6. The maximum absolute atomic E-state index is 14.4. The summed E-state index contributed by atoms with van der Waals surface area (Å²) in [5, 5.41) is 0. The number of hydrogen-bond donors (Lipinski definition) is 0. The second-order valence-corrected chi connectivity index (χ2v) is 11.3. The average Bonchev–Trinajstić information content (AvgIpc) is 3.01. The minimum absolute atomic E-state index is 0.193. The van der Waals surface area contributed by atoms with Gasteiger partial charge in [0.2, 0.25) is 0 Å². The van der Waals surface area contributed by atoms with Crippen molar-refractivity contribution in [1.82, 2.24) is 0 Å². The van der Waals surface area contributed by atoms with Crippen LogP contribution in [0.5, 0.6) is 0 Å². The Morgan fingerprint density at radius 3 is 1.22 bits per heavy atom. The highest BCUT2D eigenvalue weighted by molar-refractivity contribution is 5.73. The lowest BCUT2D eigenvalue weighted by Crippen LogP contribution is -1.94. The molecule has 0 aliphatic heterocycles. The second kappa shape index (κ2) is 13.5. The van der Waals surface area contributed by atoms with Crippen LogP contribution in [0.2, 0.25) is 0 Å². The molecule has 0 nitrogen and oxygen atoms in total. The maximum atomic E-state index is 14.4. The molecule has 0 spiro atoms. The average molecular weight is 625 g/mol. The maximum Gasteiger partial charge on any atom is 0.134 e. The van der Waals surface area contributed by atoms with Crippen LogP contribution < -0.4 is 0 Å². The van der Waals surface area contributed by atoms with Gasteiger partial charge in [0.1, 0.15) is 34.9 Å². The van der Waals surface area contributed by atoms with Crippen molar-refractivity contribution in [2.45, 2.75) is 27.7 Å². The molecule has 0 unspecified atom stereocenters. The van der Waals surface area contributed by atoms with E-state index in [0.29, 0.717) is 38.9 Å². The van der Waals surface area contributed by atoms with Crippen LogP contribution in [0.1, 0.15) is 22.3 Å². The molecule has 0 N–H and O–H groups in total. The predicted molar refractivity (Wildman–Crippen MR) is 173 cm³/mol. The Hall–Kier alpha value is -5.10. The van der Waals surface area contributed by atoms with Crippen LogP contribution in [-0.2, 0) is 0 Å². The highest BCUT2D eigenvalue weighted by atomic mass is 19.1. The summed E-state index contributed by atoms with van der Waals surface area (Å²) in [6, 6.07) is 28.0. The third-order valence-corrected chi connectivity index (χ3v) is 7.78. The predicted octanol–water partition coefficient (Wildman–Crippen LogP) is 12.1. The molecule has 0 atom stereocenters. The van der Waals surface area contributed by atoms with E-state index in [1.165, 1.54) is 42.5 Å². The van der Waals surface area contributed by atoms with Gasteiger partial charge < -0.3 is 0 Å². The van der Waals surface area contributed by atoms with Crippen LogP contribution in [0.4, 0.5) is 26.3 Å². The summed E-state index contributed by atoms with van der Waals surface area (Å²) < 4.78 is 84.6. The zero-order chi connectivity index (χ0) is 33.1. The molecule has 6 rings (SSSR count). The molecule has 0 fully saturated rings. The standard InChI is InChI=1S/2C20H15F3/c1-12-3-6-14(7-4-12)16-10-18(22)20(19(23)11-16)15-8-5-13(2)17(21)9-15;1-12-3-7-16(19(22)9-12)15-6-8-17(20(23)11-15)14-5-4-13(2)18(21)10-14/h2*3-11H,1-2H3. The topological polar surface area (TPSA) is 0 Å². The molecular formula is C40H30F6. The molecule has 0 aromatic heterocycles. The highest BCUT2D eigenvalue weighted by Gasteiger charge is 2.16. The van der Waals surface area contributed by atoms with E-state index < -0.39 is 29.1 Å². The molecule has 0 aliphatic carbocycles. The summed E-state index contributed by atoms with van der Waals surface area (Å²) in [6.45, 7) is 6.99. The van der Waals surface area contributed by atoms with E-state index >= 15 is 0 Å². The largest absolute Gasteiger partial charge is 0.207 e. The molecule has 0 heterocycles. The van der Waals surface area contributed by atoms with Gasteiger partial charge in [0.25, 0.3) is 0 Å². The Labute approximate surface area is 264 Å². The van der Waals surface area contributed by atoms with Crippen molar-refractivity contribution in [2.75, 3.05) is 0 Å². The summed E-state index contributed by atoms with van der Waals surface area (Å²) >= 11 is 0. The Morgan fingerprint density at radius 1 is 0.304 bits per heavy atom. The number of benzene rings is 6. The molecule has 6 aromatic carbocycles. The van der Waals surface area contributed by atoms with E-state index in [1.807, 2.05) is 31.2 Å². The first-order valence-corrected chi connectivity index (χ1v) is 14.6. The molecule has 0 aliphatic rings. The Bertz CT molecular complexity index is 2020. The smallest absolute Gasteiger partial charge is 0.134 e. The molecule has 46 heavy (non-hydrogen) atoms. The lowest BCUT2D eigenvalue weighted by atomic mass is 9.97. The van der Waals surface area contributed by atoms with Crippen molar-refractivity contribution >= 4 is 0 Å². The first-order chi connectivity index (χ1) is 21.9. The SMILES string of the molecule is Cc1ccc(-c2cc(F)c(-c3ccc(C)c(F)c3)c(F)c2)cc1.Cc1ccc(-c2ccc(-c3ccc(C)c(F)c3)c(F)c2)c(F)c1. The molecule has 0 radical (unpaired) electrons. The third-order valence-electron chi connectivity index (χ3n) is 7.78. The Kier molecular flexibility index (Phi) is 9.47. The zero-order valence-corrected chi connectivity index (χ0v) is 25.7. The fourth-order valence-corrected chi connectivity index (χ4v) is 5.04. The van der Waals surface area contributed by atoms with Gasteiger partial charge in [-0.1, -0.05) is 78.4 Å². The van der Waals surface area contributed by atoms with Crippen LogP contribution >= 0.6 is 0 Å². The van der Waals surface area contributed by atoms with Gasteiger partial charge in [-0.15, -0.1) is 0 Å². The third kappa shape index (κ3) is 7.07. The van der Waals surface area contributed by atoms with Gasteiger partial charge in [-0.2, -0.15) is 0 Å². The summed E-state index contributed by atoms with van der Waals surface area (Å²) in [4.78, 5) is 0. The van der Waals surface area contributed by atoms with Crippen molar-refractivity contribution in [3.05, 3.63) is 166 Å². The van der Waals surface area contributed by atoms with Crippen LogP contribution in [0, 0.1) is 62.6 Å². The van der Waals surface area contributed by atoms with Gasteiger partial charge in [-0.3, -0.25) is 0 Å². The van der Waals surface area contributed by atoms with Gasteiger partial charge >= 0.3 is 0 Å². The summed E-state index contributed by atoms with van der Waals surface area (Å²) in [6.07, 6.45) is 0. The lowest BCUT2D eigenvalue weighted by Gasteiger charge is -2.10. The molecule has 0 saturated heterocycles. The summed E-state index contributed by atoms with van der Waals surface area (Å²) in [5.41, 5.74) is 5.54. The van der Waals surface area contributed by atoms with Gasteiger partial charge in [-0.05, 0) is 109 Å². The molecule has 0 bridgehead atoms. The highest BCUT2D eigenvalue weighted by Crippen LogP contribution is 2.33. The van der Waals surface area contributed by atoms with Crippen molar-refractivity contribution in [2.24, 2.45) is 0 Å². The van der Waals surface area contributed by atoms with E-state index in [2.05, 4.69) is 0 Å². The van der Waals surface area contributed by atoms with Crippen molar-refractivity contribution in [3.8, 4) is 44.5 Å². The van der Waals surface area contributed by atoms with E-state index in [0.717, 1.165) is 22.8 Å². The first-order valence-electron chi connectivity index (χ1n) is 14.6. The molecule has 6 heteroatoms. The van der Waals surface area contributed by atoms with E-state index in [4.69, 9.17) is 0 Å². The fourth-order valence-electron chi connectivity index (χ4n) is 5.04. The summed E-state index contributed by atoms with van der Waals surface area (Å²) in [5.74, 6) is -3.17. The number of rotatable bonds is 4. The summed E-state index contributed by atoms with van der Waals surface area (Å²) in [7, 11) is 0. The van der Waals surface area contributed by atoms with Crippen molar-refractivity contribution < 1.29 is 26.3 Å². The Balaban J connectivity index is 0.000000181. The minimum atomic E-state index is -0.705. The Morgan fingerprint density at radius 2 is 0.696 bits per heavy atom. The van der Waals surface area contributed by atoms with Crippen LogP contribution in [0.25, 0.3) is 44.5 Å². The van der Waals surface area contributed by atoms with E-state index in [9.17, 15) is 26.3 Å². The second-order valence-electron chi connectivity index (χ2n) is 11.3. The number of hydrogen-bond acceptors (Lipinski definition) is 0. The van der Waals surface area contributed by atoms with Gasteiger partial charge in [-0.25, -0.2) is 26.3 Å². The van der Waals surface area contributed by atoms with Crippen LogP contribution in [0.3, 0.4) is 0 Å². The normalized spacial score (nSPS) is 10.8. The molecule has 0 saturated carbocycles.